The van der Waals surface area contributed by atoms with E-state index in [9.17, 15) is 4.79 Å². The Balaban J connectivity index is 1.65. The highest BCUT2D eigenvalue weighted by Crippen LogP contribution is 2.23. The van der Waals surface area contributed by atoms with Crippen molar-refractivity contribution in [2.45, 2.75) is 46.5 Å². The zero-order valence-electron chi connectivity index (χ0n) is 16.3. The van der Waals surface area contributed by atoms with Crippen LogP contribution in [0.25, 0.3) is 5.69 Å². The minimum atomic E-state index is -0.247. The van der Waals surface area contributed by atoms with Crippen LogP contribution in [0.15, 0.2) is 30.5 Å². The van der Waals surface area contributed by atoms with Crippen LogP contribution in [0.3, 0.4) is 0 Å². The lowest BCUT2D eigenvalue weighted by molar-refractivity contribution is 0.0943. The van der Waals surface area contributed by atoms with Crippen LogP contribution in [0.1, 0.15) is 59.5 Å². The quantitative estimate of drug-likeness (QED) is 0.629. The lowest BCUT2D eigenvalue weighted by atomic mass is 10.0. The van der Waals surface area contributed by atoms with Crippen molar-refractivity contribution < 1.29 is 4.79 Å². The Bertz CT molecular complexity index is 924. The Morgan fingerprint density at radius 3 is 2.74 bits per heavy atom. The van der Waals surface area contributed by atoms with Crippen molar-refractivity contribution in [3.05, 3.63) is 58.9 Å². The third kappa shape index (κ3) is 4.24. The van der Waals surface area contributed by atoms with Crippen molar-refractivity contribution >= 4 is 5.91 Å². The van der Waals surface area contributed by atoms with E-state index in [0.29, 0.717) is 18.3 Å². The predicted octanol–water partition coefficient (Wildman–Crippen LogP) is 3.09. The molecule has 7 nitrogen and oxygen atoms in total. The van der Waals surface area contributed by atoms with Crippen LogP contribution < -0.4 is 5.32 Å². The van der Waals surface area contributed by atoms with Crippen molar-refractivity contribution in [2.24, 2.45) is 0 Å². The molecule has 0 atom stereocenters. The highest BCUT2D eigenvalue weighted by atomic mass is 16.2. The van der Waals surface area contributed by atoms with Gasteiger partial charge in [-0.3, -0.25) is 9.89 Å². The van der Waals surface area contributed by atoms with Gasteiger partial charge >= 0.3 is 0 Å². The summed E-state index contributed by atoms with van der Waals surface area (Å²) in [5.74, 6) is 1.00. The number of carbonyl (C=O) groups excluding carboxylic acids is 1. The predicted molar refractivity (Wildman–Crippen MR) is 104 cm³/mol. The van der Waals surface area contributed by atoms with E-state index in [0.717, 1.165) is 24.2 Å². The van der Waals surface area contributed by atoms with E-state index in [-0.39, 0.29) is 11.7 Å². The average Bonchev–Trinajstić information content (AvgIpc) is 3.24. The van der Waals surface area contributed by atoms with E-state index < -0.39 is 0 Å². The van der Waals surface area contributed by atoms with Gasteiger partial charge in [0.2, 0.25) is 5.82 Å². The summed E-state index contributed by atoms with van der Waals surface area (Å²) in [6.07, 6.45) is 3.53. The van der Waals surface area contributed by atoms with Crippen LogP contribution in [-0.4, -0.2) is 37.4 Å². The second-order valence-electron chi connectivity index (χ2n) is 6.99. The van der Waals surface area contributed by atoms with Crippen LogP contribution in [0.2, 0.25) is 0 Å². The molecule has 7 heteroatoms. The van der Waals surface area contributed by atoms with Crippen LogP contribution >= 0.6 is 0 Å². The number of aromatic amines is 1. The van der Waals surface area contributed by atoms with Gasteiger partial charge in [0.15, 0.2) is 0 Å². The Labute approximate surface area is 159 Å². The minimum Gasteiger partial charge on any atom is -0.349 e. The molecular weight excluding hydrogens is 340 g/mol. The summed E-state index contributed by atoms with van der Waals surface area (Å²) >= 11 is 0. The van der Waals surface area contributed by atoms with Gasteiger partial charge in [-0.05, 0) is 49.8 Å². The number of hydrogen-bond acceptors (Lipinski definition) is 4. The Kier molecular flexibility index (Phi) is 5.69. The first kappa shape index (κ1) is 18.8. The molecule has 142 valence electrons. The number of amides is 1. The van der Waals surface area contributed by atoms with Crippen LogP contribution in [0.5, 0.6) is 0 Å². The molecule has 1 amide bonds. The minimum absolute atomic E-state index is 0.200. The van der Waals surface area contributed by atoms with Gasteiger partial charge in [-0.15, -0.1) is 5.10 Å². The zero-order valence-corrected chi connectivity index (χ0v) is 16.3. The highest BCUT2D eigenvalue weighted by molar-refractivity contribution is 5.90. The molecule has 0 unspecified atom stereocenters. The fraction of sp³-hybridized carbons (Fsp3) is 0.400. The molecule has 0 aliphatic carbocycles. The largest absolute Gasteiger partial charge is 0.349 e. The molecule has 0 radical (unpaired) electrons. The third-order valence-corrected chi connectivity index (χ3v) is 4.60. The van der Waals surface area contributed by atoms with Gasteiger partial charge < -0.3 is 5.32 Å². The van der Waals surface area contributed by atoms with Crippen LogP contribution in [-0.2, 0) is 6.42 Å². The number of rotatable bonds is 7. The molecule has 0 saturated carbocycles. The lowest BCUT2D eigenvalue weighted by Crippen LogP contribution is -2.26. The normalized spacial score (nSPS) is 11.1. The number of benzene rings is 1. The van der Waals surface area contributed by atoms with Gasteiger partial charge in [-0.1, -0.05) is 32.0 Å². The molecule has 2 heterocycles. The van der Waals surface area contributed by atoms with Crippen molar-refractivity contribution in [3.8, 4) is 5.69 Å². The van der Waals surface area contributed by atoms with Crippen molar-refractivity contribution in [3.63, 3.8) is 0 Å². The molecule has 27 heavy (non-hydrogen) atoms. The molecule has 0 aliphatic heterocycles. The Morgan fingerprint density at radius 2 is 2.04 bits per heavy atom. The van der Waals surface area contributed by atoms with Crippen molar-refractivity contribution in [2.75, 3.05) is 6.54 Å². The van der Waals surface area contributed by atoms with Gasteiger partial charge in [0.05, 0.1) is 11.9 Å². The molecule has 0 fully saturated rings. The average molecular weight is 366 g/mol. The second kappa shape index (κ2) is 8.16. The molecule has 0 saturated heterocycles. The Hall–Kier alpha value is -2.96. The van der Waals surface area contributed by atoms with Gasteiger partial charge in [0, 0.05) is 12.2 Å². The maximum atomic E-state index is 12.4. The summed E-state index contributed by atoms with van der Waals surface area (Å²) in [5.41, 5.74) is 4.38. The number of hydrogen-bond donors (Lipinski definition) is 2. The van der Waals surface area contributed by atoms with Gasteiger partial charge in [0.1, 0.15) is 5.82 Å². The maximum Gasteiger partial charge on any atom is 0.290 e. The van der Waals surface area contributed by atoms with E-state index in [1.807, 2.05) is 38.2 Å². The number of nitrogens with zero attached hydrogens (tertiary/aromatic N) is 4. The van der Waals surface area contributed by atoms with E-state index in [1.54, 1.807) is 4.68 Å². The SMILES string of the molecule is Cc1[nH]ncc1CCCNC(=O)c1nc(C)n(-c2ccccc2C(C)C)n1. The fourth-order valence-electron chi connectivity index (χ4n) is 3.07. The Morgan fingerprint density at radius 1 is 1.26 bits per heavy atom. The standard InChI is InChI=1S/C20H26N6O/c1-13(2)17-9-5-6-10-18(17)26-15(4)23-19(25-26)20(27)21-11-7-8-16-12-22-24-14(16)3/h5-6,9-10,12-13H,7-8,11H2,1-4H3,(H,21,27)(H,22,24). The number of H-pyrrole nitrogens is 1. The molecule has 0 aliphatic rings. The van der Waals surface area contributed by atoms with E-state index >= 15 is 0 Å². The van der Waals surface area contributed by atoms with E-state index in [1.165, 1.54) is 11.1 Å². The number of para-hydroxylation sites is 1. The number of aromatic nitrogens is 5. The van der Waals surface area contributed by atoms with Crippen LogP contribution in [0, 0.1) is 13.8 Å². The number of aryl methyl sites for hydroxylation is 3. The topological polar surface area (TPSA) is 88.5 Å². The van der Waals surface area contributed by atoms with Crippen molar-refractivity contribution in [1.82, 2.24) is 30.3 Å². The first-order valence-electron chi connectivity index (χ1n) is 9.27. The number of nitrogens with one attached hydrogen (secondary N) is 2. The summed E-state index contributed by atoms with van der Waals surface area (Å²) in [7, 11) is 0. The summed E-state index contributed by atoms with van der Waals surface area (Å²) in [4.78, 5) is 16.8. The highest BCUT2D eigenvalue weighted by Gasteiger charge is 2.17. The first-order chi connectivity index (χ1) is 13.0. The summed E-state index contributed by atoms with van der Waals surface area (Å²) in [5, 5.41) is 14.3. The molecule has 1 aromatic carbocycles. The zero-order chi connectivity index (χ0) is 19.4. The summed E-state index contributed by atoms with van der Waals surface area (Å²) in [6.45, 7) is 8.71. The van der Waals surface area contributed by atoms with Gasteiger partial charge in [0.25, 0.3) is 5.91 Å². The molecule has 3 rings (SSSR count). The molecule has 0 bridgehead atoms. The smallest absolute Gasteiger partial charge is 0.290 e. The van der Waals surface area contributed by atoms with Gasteiger partial charge in [-0.25, -0.2) is 9.67 Å². The molecule has 3 aromatic rings. The van der Waals surface area contributed by atoms with Crippen LogP contribution in [0.4, 0.5) is 0 Å². The summed E-state index contributed by atoms with van der Waals surface area (Å²) in [6, 6.07) is 8.07. The molecule has 2 N–H and O–H groups in total. The van der Waals surface area contributed by atoms with E-state index in [4.69, 9.17) is 0 Å². The lowest BCUT2D eigenvalue weighted by Gasteiger charge is -2.12. The second-order valence-corrected chi connectivity index (χ2v) is 6.99. The van der Waals surface area contributed by atoms with Crippen molar-refractivity contribution in [1.29, 1.82) is 0 Å². The van der Waals surface area contributed by atoms with E-state index in [2.05, 4.69) is 45.5 Å². The fourth-order valence-corrected chi connectivity index (χ4v) is 3.07. The molecular formula is C20H26N6O. The maximum absolute atomic E-state index is 12.4. The number of carbonyl (C=O) groups is 1. The van der Waals surface area contributed by atoms with Gasteiger partial charge in [-0.2, -0.15) is 5.10 Å². The first-order valence-corrected chi connectivity index (χ1v) is 9.27. The molecule has 2 aromatic heterocycles. The third-order valence-electron chi connectivity index (χ3n) is 4.60. The monoisotopic (exact) mass is 366 g/mol. The summed E-state index contributed by atoms with van der Waals surface area (Å²) < 4.78 is 1.75. The molecule has 0 spiro atoms.